The number of esters is 2. The lowest BCUT2D eigenvalue weighted by molar-refractivity contribution is -0.274. The second-order valence-electron chi connectivity index (χ2n) is 9.18. The summed E-state index contributed by atoms with van der Waals surface area (Å²) in [7, 11) is 0. The normalized spacial score (nSPS) is 19.9. The second-order valence-corrected chi connectivity index (χ2v) is 9.18. The highest BCUT2D eigenvalue weighted by molar-refractivity contribution is 6.01. The molecule has 5 rings (SSSR count). The van der Waals surface area contributed by atoms with Crippen LogP contribution < -0.4 is 0 Å². The van der Waals surface area contributed by atoms with E-state index in [1.165, 1.54) is 4.90 Å². The van der Waals surface area contributed by atoms with Crippen LogP contribution in [0.4, 0.5) is 0 Å². The SMILES string of the molecule is Cc1ccccc1C(=O)CN1CCC(CN2C(=O)c3ccccc3C23OC(=O)C=CC(=O)O3)CC1. The predicted octanol–water partition coefficient (Wildman–Crippen LogP) is 2.81. The number of ether oxygens (including phenoxy) is 2. The molecule has 35 heavy (non-hydrogen) atoms. The second kappa shape index (κ2) is 9.11. The molecule has 0 aromatic heterocycles. The Kier molecular flexibility index (Phi) is 5.98. The van der Waals surface area contributed by atoms with Crippen molar-refractivity contribution in [1.82, 2.24) is 9.80 Å². The van der Waals surface area contributed by atoms with Crippen LogP contribution in [0.15, 0.2) is 60.7 Å². The third kappa shape index (κ3) is 4.25. The van der Waals surface area contributed by atoms with Crippen LogP contribution in [0.25, 0.3) is 0 Å². The summed E-state index contributed by atoms with van der Waals surface area (Å²) >= 11 is 0. The van der Waals surface area contributed by atoms with E-state index in [2.05, 4.69) is 4.90 Å². The Morgan fingerprint density at radius 2 is 1.57 bits per heavy atom. The van der Waals surface area contributed by atoms with Crippen LogP contribution in [0.2, 0.25) is 0 Å². The van der Waals surface area contributed by atoms with E-state index in [1.54, 1.807) is 24.3 Å². The molecule has 0 atom stereocenters. The number of piperidine rings is 1. The Morgan fingerprint density at radius 1 is 0.943 bits per heavy atom. The molecule has 1 spiro atoms. The molecule has 0 unspecified atom stereocenters. The fourth-order valence-corrected chi connectivity index (χ4v) is 5.05. The molecule has 0 saturated carbocycles. The lowest BCUT2D eigenvalue weighted by Crippen LogP contribution is -2.52. The van der Waals surface area contributed by atoms with Crippen molar-refractivity contribution in [2.75, 3.05) is 26.2 Å². The minimum atomic E-state index is -1.91. The number of hydrogen-bond acceptors (Lipinski definition) is 7. The fourth-order valence-electron chi connectivity index (χ4n) is 5.05. The smallest absolute Gasteiger partial charge is 0.375 e. The zero-order valence-corrected chi connectivity index (χ0v) is 19.4. The maximum Gasteiger partial charge on any atom is 0.375 e. The monoisotopic (exact) mass is 474 g/mol. The van der Waals surface area contributed by atoms with Gasteiger partial charge in [0, 0.05) is 24.3 Å². The van der Waals surface area contributed by atoms with Gasteiger partial charge in [0.2, 0.25) is 0 Å². The molecule has 8 heteroatoms. The van der Waals surface area contributed by atoms with E-state index in [1.807, 2.05) is 31.2 Å². The largest absolute Gasteiger partial charge is 0.396 e. The van der Waals surface area contributed by atoms with Gasteiger partial charge in [0.05, 0.1) is 17.7 Å². The molecule has 0 radical (unpaired) electrons. The van der Waals surface area contributed by atoms with Crippen LogP contribution in [0.1, 0.15) is 44.7 Å². The van der Waals surface area contributed by atoms with E-state index < -0.39 is 17.8 Å². The molecule has 1 amide bonds. The molecule has 8 nitrogen and oxygen atoms in total. The first kappa shape index (κ1) is 23.0. The number of Topliss-reactive ketones (excluding diaryl/α,β-unsaturated/α-hetero) is 1. The van der Waals surface area contributed by atoms with E-state index in [-0.39, 0.29) is 24.2 Å². The Balaban J connectivity index is 1.30. The standard InChI is InChI=1S/C27H26N2O6/c1-18-6-2-3-7-20(18)23(30)17-28-14-12-19(13-15-28)16-29-26(33)21-8-4-5-9-22(21)27(29)34-24(31)10-11-25(32)35-27/h2-11,19H,12-17H2,1H3. The third-order valence-corrected chi connectivity index (χ3v) is 6.89. The molecule has 2 aromatic rings. The van der Waals surface area contributed by atoms with Gasteiger partial charge in [-0.25, -0.2) is 9.59 Å². The number of amides is 1. The number of rotatable bonds is 5. The highest BCUT2D eigenvalue weighted by Gasteiger charge is 2.57. The van der Waals surface area contributed by atoms with Crippen molar-refractivity contribution >= 4 is 23.6 Å². The summed E-state index contributed by atoms with van der Waals surface area (Å²) in [6.07, 6.45) is 3.50. The number of likely N-dealkylation sites (tertiary alicyclic amines) is 1. The number of nitrogens with zero attached hydrogens (tertiary/aromatic N) is 2. The van der Waals surface area contributed by atoms with E-state index >= 15 is 0 Å². The van der Waals surface area contributed by atoms with Gasteiger partial charge in [0.15, 0.2) is 5.78 Å². The van der Waals surface area contributed by atoms with Crippen LogP contribution in [-0.2, 0) is 25.0 Å². The van der Waals surface area contributed by atoms with Crippen molar-refractivity contribution in [2.45, 2.75) is 25.7 Å². The van der Waals surface area contributed by atoms with Gasteiger partial charge >= 0.3 is 17.8 Å². The summed E-state index contributed by atoms with van der Waals surface area (Å²) in [5.74, 6) is -3.59. The lowest BCUT2D eigenvalue weighted by Gasteiger charge is -2.39. The molecule has 1 saturated heterocycles. The van der Waals surface area contributed by atoms with E-state index in [0.29, 0.717) is 30.8 Å². The maximum atomic E-state index is 13.3. The van der Waals surface area contributed by atoms with Gasteiger partial charge in [-0.1, -0.05) is 36.4 Å². The molecule has 180 valence electrons. The van der Waals surface area contributed by atoms with Crippen LogP contribution >= 0.6 is 0 Å². The van der Waals surface area contributed by atoms with Crippen molar-refractivity contribution in [3.05, 3.63) is 82.9 Å². The number of ketones is 1. The van der Waals surface area contributed by atoms with Crippen LogP contribution in [0.5, 0.6) is 0 Å². The zero-order valence-electron chi connectivity index (χ0n) is 19.4. The summed E-state index contributed by atoms with van der Waals surface area (Å²) < 4.78 is 11.2. The molecule has 2 aromatic carbocycles. The van der Waals surface area contributed by atoms with Gasteiger partial charge in [-0.3, -0.25) is 19.4 Å². The van der Waals surface area contributed by atoms with Crippen LogP contribution in [-0.4, -0.2) is 59.6 Å². The first-order chi connectivity index (χ1) is 16.9. The molecule has 3 aliphatic rings. The first-order valence-corrected chi connectivity index (χ1v) is 11.7. The number of carbonyl (C=O) groups is 4. The van der Waals surface area contributed by atoms with Gasteiger partial charge in [-0.15, -0.1) is 0 Å². The van der Waals surface area contributed by atoms with Crippen LogP contribution in [0, 0.1) is 12.8 Å². The summed E-state index contributed by atoms with van der Waals surface area (Å²) in [4.78, 5) is 54.2. The van der Waals surface area contributed by atoms with Gasteiger partial charge in [0.1, 0.15) is 0 Å². The van der Waals surface area contributed by atoms with Crippen molar-refractivity contribution in [3.8, 4) is 0 Å². The topological polar surface area (TPSA) is 93.2 Å². The summed E-state index contributed by atoms with van der Waals surface area (Å²) in [6.45, 7) is 3.93. The first-order valence-electron chi connectivity index (χ1n) is 11.7. The molecule has 3 heterocycles. The average molecular weight is 475 g/mol. The average Bonchev–Trinajstić information content (AvgIpc) is 2.96. The molecule has 3 aliphatic heterocycles. The maximum absolute atomic E-state index is 13.3. The number of fused-ring (bicyclic) bond motifs is 2. The number of carbonyl (C=O) groups excluding carboxylic acids is 4. The third-order valence-electron chi connectivity index (χ3n) is 6.89. The van der Waals surface area contributed by atoms with Crippen molar-refractivity contribution in [1.29, 1.82) is 0 Å². The lowest BCUT2D eigenvalue weighted by atomic mass is 9.95. The van der Waals surface area contributed by atoms with Gasteiger partial charge in [-0.2, -0.15) is 0 Å². The molecular formula is C27H26N2O6. The quantitative estimate of drug-likeness (QED) is 0.486. The summed E-state index contributed by atoms with van der Waals surface area (Å²) in [6, 6.07) is 14.3. The molecule has 0 aliphatic carbocycles. The minimum absolute atomic E-state index is 0.0866. The molecule has 1 fully saturated rings. The Morgan fingerprint density at radius 3 is 2.26 bits per heavy atom. The zero-order chi connectivity index (χ0) is 24.6. The number of aryl methyl sites for hydroxylation is 1. The Hall–Kier alpha value is -3.78. The minimum Gasteiger partial charge on any atom is -0.396 e. The van der Waals surface area contributed by atoms with Gasteiger partial charge in [0.25, 0.3) is 5.91 Å². The molecular weight excluding hydrogens is 448 g/mol. The van der Waals surface area contributed by atoms with Gasteiger partial charge < -0.3 is 9.47 Å². The summed E-state index contributed by atoms with van der Waals surface area (Å²) in [5.41, 5.74) is 2.39. The number of benzene rings is 2. The van der Waals surface area contributed by atoms with Crippen LogP contribution in [0.3, 0.4) is 0 Å². The summed E-state index contributed by atoms with van der Waals surface area (Å²) in [5, 5.41) is 0. The Bertz CT molecular complexity index is 1210. The highest BCUT2D eigenvalue weighted by atomic mass is 16.8. The van der Waals surface area contributed by atoms with Crippen molar-refractivity contribution < 1.29 is 28.7 Å². The van der Waals surface area contributed by atoms with Crippen molar-refractivity contribution in [2.24, 2.45) is 5.92 Å². The van der Waals surface area contributed by atoms with E-state index in [0.717, 1.165) is 36.1 Å². The fraction of sp³-hybridized carbons (Fsp3) is 0.333. The molecule has 0 bridgehead atoms. The van der Waals surface area contributed by atoms with Gasteiger partial charge in [-0.05, 0) is 56.5 Å². The number of hydrogen-bond donors (Lipinski definition) is 0. The molecule has 0 N–H and O–H groups in total. The Labute approximate surface area is 203 Å². The van der Waals surface area contributed by atoms with E-state index in [9.17, 15) is 19.2 Å². The van der Waals surface area contributed by atoms with Crippen molar-refractivity contribution in [3.63, 3.8) is 0 Å². The highest BCUT2D eigenvalue weighted by Crippen LogP contribution is 2.43. The van der Waals surface area contributed by atoms with E-state index in [4.69, 9.17) is 9.47 Å². The predicted molar refractivity (Wildman–Crippen MR) is 125 cm³/mol.